The lowest BCUT2D eigenvalue weighted by atomic mass is 9.74. The average molecular weight is 531 g/mol. The molecule has 2 fully saturated rings. The number of rotatable bonds is 8. The molecule has 0 radical (unpaired) electrons. The molecule has 2 heterocycles. The number of pyridine rings is 1. The Hall–Kier alpha value is -2.81. The molecule has 37 heavy (non-hydrogen) atoms. The van der Waals surface area contributed by atoms with Crippen molar-refractivity contribution in [3.8, 4) is 5.75 Å². The van der Waals surface area contributed by atoms with Gasteiger partial charge in [0.15, 0.2) is 0 Å². The summed E-state index contributed by atoms with van der Waals surface area (Å²) in [6.45, 7) is 0.971. The highest BCUT2D eigenvalue weighted by Gasteiger charge is 2.48. The summed E-state index contributed by atoms with van der Waals surface area (Å²) in [6.07, 6.45) is 2.81. The third kappa shape index (κ3) is 4.90. The molecule has 0 amide bonds. The number of aromatic nitrogens is 1. The van der Waals surface area contributed by atoms with Gasteiger partial charge in [-0.05, 0) is 86.5 Å². The van der Waals surface area contributed by atoms with Crippen LogP contribution in [0.25, 0.3) is 10.9 Å². The van der Waals surface area contributed by atoms with E-state index in [1.807, 2.05) is 0 Å². The third-order valence-corrected chi connectivity index (χ3v) is 8.46. The fourth-order valence-corrected chi connectivity index (χ4v) is 6.14. The number of halogens is 3. The first-order valence-corrected chi connectivity index (χ1v) is 12.8. The van der Waals surface area contributed by atoms with Crippen LogP contribution in [0.5, 0.6) is 5.75 Å². The van der Waals surface area contributed by atoms with Gasteiger partial charge in [-0.1, -0.05) is 11.6 Å². The SMILES string of the molecule is COc1ccc2ncc(Cl)c(C(O)CCC3(C(=O)O)CCN(C4CC(c5cc(F)ccc5F)C4)C3)c2c1. The molecule has 2 N–H and O–H groups in total. The molecule has 2 aromatic carbocycles. The van der Waals surface area contributed by atoms with E-state index in [0.29, 0.717) is 65.2 Å². The number of carbonyl (C=O) groups is 1. The van der Waals surface area contributed by atoms with E-state index >= 15 is 0 Å². The van der Waals surface area contributed by atoms with Crippen LogP contribution in [-0.4, -0.2) is 52.3 Å². The molecule has 1 saturated carbocycles. The number of aliphatic hydroxyl groups is 1. The highest BCUT2D eigenvalue weighted by Crippen LogP contribution is 2.46. The van der Waals surface area contributed by atoms with Gasteiger partial charge in [-0.25, -0.2) is 8.78 Å². The maximum Gasteiger partial charge on any atom is 0.310 e. The lowest BCUT2D eigenvalue weighted by Crippen LogP contribution is -2.45. The predicted octanol–water partition coefficient (Wildman–Crippen LogP) is 5.71. The smallest absolute Gasteiger partial charge is 0.310 e. The summed E-state index contributed by atoms with van der Waals surface area (Å²) in [5.74, 6) is -1.21. The molecule has 2 aliphatic rings. The van der Waals surface area contributed by atoms with Crippen LogP contribution in [0, 0.1) is 17.0 Å². The fourth-order valence-electron chi connectivity index (χ4n) is 5.86. The second-order valence-electron chi connectivity index (χ2n) is 10.3. The fraction of sp³-hybridized carbons (Fsp3) is 0.429. The first-order chi connectivity index (χ1) is 17.7. The van der Waals surface area contributed by atoms with Crippen LogP contribution in [-0.2, 0) is 4.79 Å². The highest BCUT2D eigenvalue weighted by molar-refractivity contribution is 6.32. The van der Waals surface area contributed by atoms with Crippen molar-refractivity contribution in [3.05, 3.63) is 70.4 Å². The molecule has 1 aliphatic heterocycles. The summed E-state index contributed by atoms with van der Waals surface area (Å²) in [5, 5.41) is 22.3. The first-order valence-electron chi connectivity index (χ1n) is 12.4. The molecule has 0 bridgehead atoms. The maximum absolute atomic E-state index is 14.2. The molecular weight excluding hydrogens is 502 g/mol. The van der Waals surface area contributed by atoms with Crippen molar-refractivity contribution in [1.29, 1.82) is 0 Å². The van der Waals surface area contributed by atoms with Gasteiger partial charge in [-0.15, -0.1) is 0 Å². The normalized spacial score (nSPS) is 24.7. The average Bonchev–Trinajstić information content (AvgIpc) is 3.28. The lowest BCUT2D eigenvalue weighted by molar-refractivity contribution is -0.149. The highest BCUT2D eigenvalue weighted by atomic mass is 35.5. The van der Waals surface area contributed by atoms with E-state index in [0.717, 1.165) is 12.1 Å². The standard InChI is InChI=1S/C28H29ClF2N2O4/c1-37-19-3-5-24-21(13-19)26(22(29)14-32-24)25(34)6-7-28(27(35)36)8-9-33(15-28)18-10-16(11-18)20-12-17(30)2-4-23(20)31/h2-5,12-14,16,18,25,34H,6-11,15H2,1H3,(H,35,36). The number of aliphatic carboxylic acids is 1. The molecule has 2 atom stereocenters. The van der Waals surface area contributed by atoms with Gasteiger partial charge >= 0.3 is 5.97 Å². The summed E-state index contributed by atoms with van der Waals surface area (Å²) in [5.41, 5.74) is 0.568. The van der Waals surface area contributed by atoms with E-state index in [1.54, 1.807) is 25.3 Å². The third-order valence-electron chi connectivity index (χ3n) is 8.16. The van der Waals surface area contributed by atoms with Crippen LogP contribution < -0.4 is 4.74 Å². The number of hydrogen-bond donors (Lipinski definition) is 2. The number of methoxy groups -OCH3 is 1. The summed E-state index contributed by atoms with van der Waals surface area (Å²) >= 11 is 6.42. The second kappa shape index (κ2) is 10.2. The Morgan fingerprint density at radius 1 is 1.27 bits per heavy atom. The Labute approximate surface area is 218 Å². The summed E-state index contributed by atoms with van der Waals surface area (Å²) in [4.78, 5) is 18.9. The molecule has 196 valence electrons. The van der Waals surface area contributed by atoms with Gasteiger partial charge in [0.25, 0.3) is 0 Å². The number of likely N-dealkylation sites (tertiary alicyclic amines) is 1. The Morgan fingerprint density at radius 3 is 2.78 bits per heavy atom. The zero-order valence-electron chi connectivity index (χ0n) is 20.5. The van der Waals surface area contributed by atoms with Gasteiger partial charge in [0.2, 0.25) is 0 Å². The van der Waals surface area contributed by atoms with Gasteiger partial charge in [-0.2, -0.15) is 0 Å². The maximum atomic E-state index is 14.2. The zero-order valence-corrected chi connectivity index (χ0v) is 21.2. The number of fused-ring (bicyclic) bond motifs is 1. The monoisotopic (exact) mass is 530 g/mol. The Balaban J connectivity index is 1.27. The number of hydrogen-bond acceptors (Lipinski definition) is 5. The van der Waals surface area contributed by atoms with Crippen molar-refractivity contribution in [1.82, 2.24) is 9.88 Å². The van der Waals surface area contributed by atoms with E-state index in [9.17, 15) is 23.8 Å². The van der Waals surface area contributed by atoms with Crippen LogP contribution in [0.2, 0.25) is 5.02 Å². The molecule has 2 unspecified atom stereocenters. The van der Waals surface area contributed by atoms with E-state index in [1.165, 1.54) is 12.3 Å². The van der Waals surface area contributed by atoms with Crippen LogP contribution in [0.3, 0.4) is 0 Å². The van der Waals surface area contributed by atoms with Gasteiger partial charge in [0.1, 0.15) is 17.4 Å². The number of ether oxygens (including phenoxy) is 1. The zero-order chi connectivity index (χ0) is 26.3. The number of nitrogens with zero attached hydrogens (tertiary/aromatic N) is 2. The Bertz CT molecular complexity index is 1330. The quantitative estimate of drug-likeness (QED) is 0.388. The minimum absolute atomic E-state index is 0.0681. The Morgan fingerprint density at radius 2 is 2.05 bits per heavy atom. The predicted molar refractivity (Wildman–Crippen MR) is 136 cm³/mol. The molecule has 3 aromatic rings. The second-order valence-corrected chi connectivity index (χ2v) is 10.7. The van der Waals surface area contributed by atoms with Gasteiger partial charge < -0.3 is 14.9 Å². The van der Waals surface area contributed by atoms with Crippen LogP contribution >= 0.6 is 11.6 Å². The molecule has 1 aromatic heterocycles. The lowest BCUT2D eigenvalue weighted by Gasteiger charge is -2.42. The van der Waals surface area contributed by atoms with Crippen molar-refractivity contribution < 1.29 is 28.5 Å². The minimum Gasteiger partial charge on any atom is -0.497 e. The molecular formula is C28H29ClF2N2O4. The molecule has 0 spiro atoms. The molecule has 9 heteroatoms. The van der Waals surface area contributed by atoms with Crippen molar-refractivity contribution in [2.45, 2.75) is 50.2 Å². The molecule has 1 saturated heterocycles. The van der Waals surface area contributed by atoms with E-state index in [2.05, 4.69) is 9.88 Å². The summed E-state index contributed by atoms with van der Waals surface area (Å²) in [6, 6.07) is 8.99. The van der Waals surface area contributed by atoms with Crippen molar-refractivity contribution >= 4 is 28.5 Å². The summed E-state index contributed by atoms with van der Waals surface area (Å²) in [7, 11) is 1.55. The van der Waals surface area contributed by atoms with Crippen LogP contribution in [0.4, 0.5) is 8.78 Å². The van der Waals surface area contributed by atoms with Crippen LogP contribution in [0.15, 0.2) is 42.6 Å². The van der Waals surface area contributed by atoms with Crippen molar-refractivity contribution in [2.75, 3.05) is 20.2 Å². The van der Waals surface area contributed by atoms with E-state index < -0.39 is 29.1 Å². The number of aliphatic hydroxyl groups excluding tert-OH is 1. The summed E-state index contributed by atoms with van der Waals surface area (Å²) < 4.78 is 33.1. The first kappa shape index (κ1) is 25.8. The van der Waals surface area contributed by atoms with Gasteiger partial charge in [0.05, 0.1) is 29.2 Å². The topological polar surface area (TPSA) is 82.9 Å². The number of carboxylic acid groups (broad SMARTS) is 1. The van der Waals surface area contributed by atoms with Crippen molar-refractivity contribution in [3.63, 3.8) is 0 Å². The van der Waals surface area contributed by atoms with E-state index in [-0.39, 0.29) is 24.8 Å². The minimum atomic E-state index is -0.997. The Kier molecular flexibility index (Phi) is 7.09. The van der Waals surface area contributed by atoms with Gasteiger partial charge in [-0.3, -0.25) is 14.7 Å². The van der Waals surface area contributed by atoms with Gasteiger partial charge in [0, 0.05) is 29.7 Å². The van der Waals surface area contributed by atoms with E-state index in [4.69, 9.17) is 16.3 Å². The van der Waals surface area contributed by atoms with Crippen molar-refractivity contribution in [2.24, 2.45) is 5.41 Å². The molecule has 5 rings (SSSR count). The number of benzene rings is 2. The molecule has 1 aliphatic carbocycles. The largest absolute Gasteiger partial charge is 0.497 e. The number of carboxylic acids is 1. The molecule has 6 nitrogen and oxygen atoms in total. The van der Waals surface area contributed by atoms with Crippen LogP contribution in [0.1, 0.15) is 55.3 Å².